The Morgan fingerprint density at radius 3 is 2.54 bits per heavy atom. The second-order valence-corrected chi connectivity index (χ2v) is 10.7. The third kappa shape index (κ3) is 4.53. The summed E-state index contributed by atoms with van der Waals surface area (Å²) in [5.41, 5.74) is 2.80. The van der Waals surface area contributed by atoms with Gasteiger partial charge in [-0.25, -0.2) is 22.2 Å². The highest BCUT2D eigenvalue weighted by Crippen LogP contribution is 2.48. The smallest absolute Gasteiger partial charge is 0.192 e. The van der Waals surface area contributed by atoms with Gasteiger partial charge in [-0.15, -0.1) is 0 Å². The number of methoxy groups -OCH3 is 1. The highest BCUT2D eigenvalue weighted by Gasteiger charge is 2.49. The molecule has 2 aromatic heterocycles. The first-order valence-corrected chi connectivity index (χ1v) is 13.1. The number of carbonyl (C=O) groups is 1. The Morgan fingerprint density at radius 2 is 1.85 bits per heavy atom. The molecular weight excluding hydrogens is 525 g/mol. The van der Waals surface area contributed by atoms with Crippen molar-refractivity contribution in [2.45, 2.75) is 17.7 Å². The predicted molar refractivity (Wildman–Crippen MR) is 141 cm³/mol. The summed E-state index contributed by atoms with van der Waals surface area (Å²) in [6, 6.07) is 13.8. The molecule has 6 nitrogen and oxygen atoms in total. The number of hydrogen-bond acceptors (Lipinski definition) is 6. The Morgan fingerprint density at radius 1 is 1.08 bits per heavy atom. The van der Waals surface area contributed by atoms with Crippen molar-refractivity contribution < 1.29 is 22.7 Å². The number of halogens is 3. The molecule has 1 aliphatic heterocycles. The monoisotopic (exact) mass is 548 g/mol. The van der Waals surface area contributed by atoms with Crippen LogP contribution >= 0.6 is 11.9 Å². The second-order valence-electron chi connectivity index (χ2n) is 9.54. The van der Waals surface area contributed by atoms with Crippen LogP contribution in [0, 0.1) is 22.9 Å². The molecule has 3 heterocycles. The summed E-state index contributed by atoms with van der Waals surface area (Å²) in [6.45, 7) is 0.873. The Balaban J connectivity index is 1.38. The van der Waals surface area contributed by atoms with Gasteiger partial charge in [-0.2, -0.15) is 5.10 Å². The molecule has 1 fully saturated rings. The maximum absolute atomic E-state index is 14.4. The molecule has 1 atom stereocenters. The van der Waals surface area contributed by atoms with E-state index in [2.05, 4.69) is 10.1 Å². The first-order valence-electron chi connectivity index (χ1n) is 12.3. The topological polar surface area (TPSA) is 60.2 Å². The number of pyridine rings is 1. The Hall–Kier alpha value is -3.89. The quantitative estimate of drug-likeness (QED) is 0.220. The van der Waals surface area contributed by atoms with Gasteiger partial charge in [0.2, 0.25) is 0 Å². The largest absolute Gasteiger partial charge is 0.491 e. The molecule has 1 aliphatic carbocycles. The fourth-order valence-corrected chi connectivity index (χ4v) is 6.44. The maximum atomic E-state index is 14.4. The number of piperidine rings is 1. The number of Topliss-reactive ketones (excluding diaryl/α,β-unsaturated/α-hetero) is 1. The van der Waals surface area contributed by atoms with Crippen molar-refractivity contribution in [3.8, 4) is 11.4 Å². The molecule has 2 aliphatic rings. The number of nitrogens with zero attached hydrogens (tertiary/aromatic N) is 4. The van der Waals surface area contributed by atoms with E-state index in [4.69, 9.17) is 4.74 Å². The molecule has 6 rings (SSSR count). The fraction of sp³-hybridized carbons (Fsp3) is 0.207. The van der Waals surface area contributed by atoms with Crippen LogP contribution < -0.4 is 4.74 Å². The summed E-state index contributed by atoms with van der Waals surface area (Å²) in [7, 11) is 1.22. The molecule has 39 heavy (non-hydrogen) atoms. The molecule has 0 N–H and O–H groups in total. The van der Waals surface area contributed by atoms with Gasteiger partial charge in [-0.3, -0.25) is 9.78 Å². The Kier molecular flexibility index (Phi) is 6.52. The molecule has 1 saturated heterocycles. The molecule has 0 bridgehead atoms. The molecule has 10 heteroatoms. The lowest BCUT2D eigenvalue weighted by Crippen LogP contribution is -2.49. The van der Waals surface area contributed by atoms with Crippen molar-refractivity contribution in [2.75, 3.05) is 20.2 Å². The number of rotatable bonds is 6. The van der Waals surface area contributed by atoms with Gasteiger partial charge in [0.1, 0.15) is 11.5 Å². The van der Waals surface area contributed by atoms with Crippen LogP contribution in [0.4, 0.5) is 13.2 Å². The number of aromatic nitrogens is 3. The molecule has 0 amide bonds. The first-order chi connectivity index (χ1) is 18.9. The predicted octanol–water partition coefficient (Wildman–Crippen LogP) is 5.92. The van der Waals surface area contributed by atoms with Crippen LogP contribution in [0.25, 0.3) is 11.8 Å². The minimum absolute atomic E-state index is 0.119. The number of ether oxygens (including phenoxy) is 1. The van der Waals surface area contributed by atoms with Crippen molar-refractivity contribution in [3.63, 3.8) is 0 Å². The number of benzene rings is 2. The van der Waals surface area contributed by atoms with Crippen molar-refractivity contribution in [1.29, 1.82) is 0 Å². The molecule has 1 unspecified atom stereocenters. The van der Waals surface area contributed by atoms with Crippen molar-refractivity contribution in [3.05, 3.63) is 107 Å². The molecule has 4 aromatic rings. The van der Waals surface area contributed by atoms with Crippen molar-refractivity contribution in [1.82, 2.24) is 19.1 Å². The maximum Gasteiger partial charge on any atom is 0.192 e. The molecule has 198 valence electrons. The van der Waals surface area contributed by atoms with E-state index in [0.717, 1.165) is 22.5 Å². The first kappa shape index (κ1) is 25.4. The summed E-state index contributed by atoms with van der Waals surface area (Å²) in [6.07, 6.45) is 6.27. The third-order valence-corrected chi connectivity index (χ3v) is 8.21. The summed E-state index contributed by atoms with van der Waals surface area (Å²) < 4.78 is 50.8. The van der Waals surface area contributed by atoms with E-state index in [-0.39, 0.29) is 11.6 Å². The van der Waals surface area contributed by atoms with E-state index < -0.39 is 22.8 Å². The fourth-order valence-electron chi connectivity index (χ4n) is 5.36. The number of fused-ring (bicyclic) bond motifs is 2. The van der Waals surface area contributed by atoms with E-state index >= 15 is 0 Å². The molecular formula is C29H23F3N4O2S. The summed E-state index contributed by atoms with van der Waals surface area (Å²) in [5.74, 6) is -2.45. The van der Waals surface area contributed by atoms with E-state index in [1.165, 1.54) is 43.3 Å². The third-order valence-electron chi connectivity index (χ3n) is 7.19. The van der Waals surface area contributed by atoms with Crippen molar-refractivity contribution in [2.24, 2.45) is 5.41 Å². The summed E-state index contributed by atoms with van der Waals surface area (Å²) in [5, 5.41) is 4.55. The zero-order valence-corrected chi connectivity index (χ0v) is 21.7. The van der Waals surface area contributed by atoms with Crippen LogP contribution in [0.2, 0.25) is 0 Å². The van der Waals surface area contributed by atoms with Gasteiger partial charge in [0, 0.05) is 24.2 Å². The Bertz CT molecular complexity index is 1570. The molecule has 0 spiro atoms. The minimum Gasteiger partial charge on any atom is -0.491 e. The second kappa shape index (κ2) is 10.0. The van der Waals surface area contributed by atoms with Crippen LogP contribution in [0.15, 0.2) is 77.5 Å². The van der Waals surface area contributed by atoms with Gasteiger partial charge in [0.25, 0.3) is 0 Å². The van der Waals surface area contributed by atoms with E-state index in [1.54, 1.807) is 47.4 Å². The average Bonchev–Trinajstić information content (AvgIpc) is 3.34. The van der Waals surface area contributed by atoms with E-state index in [0.29, 0.717) is 36.5 Å². The van der Waals surface area contributed by atoms with Crippen LogP contribution in [0.1, 0.15) is 28.2 Å². The van der Waals surface area contributed by atoms with Gasteiger partial charge >= 0.3 is 0 Å². The number of carbonyl (C=O) groups excluding carboxylic acids is 1. The van der Waals surface area contributed by atoms with Crippen LogP contribution in [0.5, 0.6) is 5.75 Å². The minimum atomic E-state index is -0.938. The van der Waals surface area contributed by atoms with E-state index in [9.17, 15) is 18.0 Å². The van der Waals surface area contributed by atoms with Crippen LogP contribution in [-0.4, -0.2) is 45.1 Å². The molecule has 0 radical (unpaired) electrons. The van der Waals surface area contributed by atoms with Gasteiger partial charge in [-0.1, -0.05) is 11.6 Å². The van der Waals surface area contributed by atoms with Crippen molar-refractivity contribution >= 4 is 23.8 Å². The van der Waals surface area contributed by atoms with Gasteiger partial charge in [0.05, 0.1) is 30.1 Å². The van der Waals surface area contributed by atoms with Gasteiger partial charge in [-0.05, 0) is 85.0 Å². The lowest BCUT2D eigenvalue weighted by molar-refractivity contribution is 0.0775. The van der Waals surface area contributed by atoms with Crippen LogP contribution in [-0.2, 0) is 6.42 Å². The SMILES string of the molecule is COc1c(F)cc(SN2CCC3=Cc4c(cnn4-c4ccc(F)cc4)CC3(C(=O)c3ccccn3)C2)cc1F. The lowest BCUT2D eigenvalue weighted by Gasteiger charge is -2.44. The van der Waals surface area contributed by atoms with E-state index in [1.807, 2.05) is 10.4 Å². The van der Waals surface area contributed by atoms with Gasteiger partial charge in [0.15, 0.2) is 23.2 Å². The number of ketones is 1. The standard InChI is InChI=1S/C29H23F3N4O2S/c1-38-27-23(31)13-22(14-24(27)32)39-35-11-9-19-12-26-18(16-34-36(26)21-7-5-20(30)6-8-21)15-29(19,17-35)28(37)25-4-2-3-10-33-25/h2-8,10,12-14,16H,9,11,15,17H2,1H3. The highest BCUT2D eigenvalue weighted by atomic mass is 32.2. The molecule has 0 saturated carbocycles. The Labute approximate surface area is 227 Å². The zero-order valence-electron chi connectivity index (χ0n) is 20.9. The summed E-state index contributed by atoms with van der Waals surface area (Å²) >= 11 is 1.21. The highest BCUT2D eigenvalue weighted by molar-refractivity contribution is 7.97. The lowest BCUT2D eigenvalue weighted by atomic mass is 9.65. The zero-order chi connectivity index (χ0) is 27.1. The number of hydrogen-bond donors (Lipinski definition) is 0. The van der Waals surface area contributed by atoms with Crippen LogP contribution in [0.3, 0.4) is 0 Å². The van der Waals surface area contributed by atoms with Gasteiger partial charge < -0.3 is 4.74 Å². The normalized spacial score (nSPS) is 18.7. The molecule has 2 aromatic carbocycles. The summed E-state index contributed by atoms with van der Waals surface area (Å²) in [4.78, 5) is 18.8. The average molecular weight is 549 g/mol.